The van der Waals surface area contributed by atoms with Gasteiger partial charge in [-0.1, -0.05) is 13.8 Å². The molecule has 0 spiro atoms. The van der Waals surface area contributed by atoms with Crippen molar-refractivity contribution >= 4 is 22.6 Å². The minimum absolute atomic E-state index is 0.0244. The standard InChI is InChI=1S/C24H30F2N4O4/c1-13(2)28-11-19(26)14-6-8-29(9-7-14)21-18(25)10-16-20(23(21)33-3)30(15-4-5-15)12-17(22(16)31)24(32)34-27/h10,12-13,15,28H,4-9,11,27H2,1-3H3. The van der Waals surface area contributed by atoms with E-state index in [2.05, 4.69) is 10.2 Å². The lowest BCUT2D eigenvalue weighted by Crippen LogP contribution is -2.33. The van der Waals surface area contributed by atoms with Gasteiger partial charge in [0.05, 0.1) is 18.0 Å². The number of nitrogens with zero attached hydrogens (tertiary/aromatic N) is 2. The van der Waals surface area contributed by atoms with E-state index >= 15 is 4.39 Å². The molecule has 2 aromatic rings. The van der Waals surface area contributed by atoms with Crippen LogP contribution in [0.15, 0.2) is 28.5 Å². The van der Waals surface area contributed by atoms with Crippen LogP contribution in [0.1, 0.15) is 55.9 Å². The molecule has 1 aromatic carbocycles. The van der Waals surface area contributed by atoms with Crippen LogP contribution in [0.2, 0.25) is 0 Å². The quantitative estimate of drug-likeness (QED) is 0.592. The molecule has 1 aliphatic heterocycles. The number of methoxy groups -OCH3 is 1. The summed E-state index contributed by atoms with van der Waals surface area (Å²) in [5.41, 5.74) is 0.458. The van der Waals surface area contributed by atoms with E-state index in [-0.39, 0.29) is 46.8 Å². The van der Waals surface area contributed by atoms with Crippen LogP contribution in [-0.4, -0.2) is 43.3 Å². The Morgan fingerprint density at radius 1 is 1.29 bits per heavy atom. The van der Waals surface area contributed by atoms with Gasteiger partial charge in [0.1, 0.15) is 17.1 Å². The number of benzene rings is 1. The van der Waals surface area contributed by atoms with E-state index in [4.69, 9.17) is 10.6 Å². The number of carbonyl (C=O) groups is 1. The van der Waals surface area contributed by atoms with E-state index < -0.39 is 17.2 Å². The van der Waals surface area contributed by atoms with Crippen molar-refractivity contribution in [1.82, 2.24) is 9.88 Å². The number of piperidine rings is 1. The fourth-order valence-electron chi connectivity index (χ4n) is 4.47. The second-order valence-electron chi connectivity index (χ2n) is 9.08. The van der Waals surface area contributed by atoms with Crippen LogP contribution in [0.5, 0.6) is 5.75 Å². The summed E-state index contributed by atoms with van der Waals surface area (Å²) < 4.78 is 37.4. The summed E-state index contributed by atoms with van der Waals surface area (Å²) in [6.45, 7) is 4.92. The van der Waals surface area contributed by atoms with Crippen LogP contribution in [0.25, 0.3) is 10.9 Å². The number of rotatable bonds is 7. The SMILES string of the molecule is COc1c(N2CCC(=C(F)CNC(C)C)CC2)c(F)cc2c(=O)c(C(=O)ON)cn(C3CC3)c12. The minimum atomic E-state index is -0.978. The Morgan fingerprint density at radius 3 is 2.53 bits per heavy atom. The number of aromatic nitrogens is 1. The van der Waals surface area contributed by atoms with Crippen molar-refractivity contribution in [2.45, 2.75) is 51.6 Å². The van der Waals surface area contributed by atoms with Crippen LogP contribution in [0.3, 0.4) is 0 Å². The molecule has 8 nitrogen and oxygen atoms in total. The molecule has 0 radical (unpaired) electrons. The molecule has 2 aliphatic rings. The predicted octanol–water partition coefficient (Wildman–Crippen LogP) is 3.34. The average Bonchev–Trinajstić information content (AvgIpc) is 3.67. The molecule has 2 fully saturated rings. The first-order valence-corrected chi connectivity index (χ1v) is 11.5. The highest BCUT2D eigenvalue weighted by Crippen LogP contribution is 2.44. The van der Waals surface area contributed by atoms with Crippen molar-refractivity contribution in [1.29, 1.82) is 0 Å². The summed E-state index contributed by atoms with van der Waals surface area (Å²) in [4.78, 5) is 31.1. The highest BCUT2D eigenvalue weighted by molar-refractivity contribution is 5.97. The Morgan fingerprint density at radius 2 is 1.97 bits per heavy atom. The summed E-state index contributed by atoms with van der Waals surface area (Å²) in [5, 5.41) is 3.10. The largest absolute Gasteiger partial charge is 0.492 e. The van der Waals surface area contributed by atoms with Gasteiger partial charge < -0.3 is 24.4 Å². The zero-order valence-electron chi connectivity index (χ0n) is 19.6. The monoisotopic (exact) mass is 476 g/mol. The van der Waals surface area contributed by atoms with Gasteiger partial charge in [0.25, 0.3) is 0 Å². The molecule has 0 atom stereocenters. The number of hydrogen-bond acceptors (Lipinski definition) is 7. The lowest BCUT2D eigenvalue weighted by Gasteiger charge is -2.32. The van der Waals surface area contributed by atoms with Crippen molar-refractivity contribution in [3.63, 3.8) is 0 Å². The van der Waals surface area contributed by atoms with Gasteiger partial charge in [-0.3, -0.25) is 4.79 Å². The highest BCUT2D eigenvalue weighted by atomic mass is 19.1. The number of carbonyl (C=O) groups excluding carboxylic acids is 1. The Hall–Kier alpha value is -2.98. The molecule has 1 saturated carbocycles. The molecule has 2 heterocycles. The fourth-order valence-corrected chi connectivity index (χ4v) is 4.47. The molecular formula is C24H30F2N4O4. The van der Waals surface area contributed by atoms with E-state index in [0.29, 0.717) is 31.4 Å². The second kappa shape index (κ2) is 9.71. The van der Waals surface area contributed by atoms with E-state index in [1.54, 1.807) is 4.57 Å². The number of halogens is 2. The van der Waals surface area contributed by atoms with Crippen LogP contribution in [-0.2, 0) is 4.84 Å². The third-order valence-corrected chi connectivity index (χ3v) is 6.40. The highest BCUT2D eigenvalue weighted by Gasteiger charge is 2.32. The van der Waals surface area contributed by atoms with Crippen molar-refractivity contribution in [2.75, 3.05) is 31.6 Å². The van der Waals surface area contributed by atoms with Crippen molar-refractivity contribution in [2.24, 2.45) is 5.90 Å². The van der Waals surface area contributed by atoms with Gasteiger partial charge in [0, 0.05) is 37.9 Å². The van der Waals surface area contributed by atoms with Gasteiger partial charge in [0.2, 0.25) is 5.43 Å². The Bertz CT molecular complexity index is 1190. The molecule has 1 aromatic heterocycles. The summed E-state index contributed by atoms with van der Waals surface area (Å²) in [6.07, 6.45) is 4.04. The predicted molar refractivity (Wildman–Crippen MR) is 125 cm³/mol. The zero-order valence-corrected chi connectivity index (χ0v) is 19.6. The number of nitrogens with two attached hydrogens (primary N) is 1. The van der Waals surface area contributed by atoms with Gasteiger partial charge in [-0.15, -0.1) is 0 Å². The first-order chi connectivity index (χ1) is 16.3. The van der Waals surface area contributed by atoms with Crippen LogP contribution in [0.4, 0.5) is 14.5 Å². The third kappa shape index (κ3) is 4.52. The second-order valence-corrected chi connectivity index (χ2v) is 9.08. The van der Waals surface area contributed by atoms with E-state index in [1.165, 1.54) is 13.3 Å². The Balaban J connectivity index is 1.76. The lowest BCUT2D eigenvalue weighted by molar-refractivity contribution is 0.0501. The first kappa shape index (κ1) is 24.2. The maximum absolute atomic E-state index is 15.5. The number of nitrogens with one attached hydrogen (secondary N) is 1. The van der Waals surface area contributed by atoms with Crippen molar-refractivity contribution < 1.29 is 23.1 Å². The van der Waals surface area contributed by atoms with Gasteiger partial charge in [-0.2, -0.15) is 5.90 Å². The zero-order chi connectivity index (χ0) is 24.6. The maximum Gasteiger partial charge on any atom is 0.362 e. The van der Waals surface area contributed by atoms with Gasteiger partial charge in [-0.05, 0) is 37.3 Å². The van der Waals surface area contributed by atoms with Crippen LogP contribution >= 0.6 is 0 Å². The molecule has 34 heavy (non-hydrogen) atoms. The molecule has 10 heteroatoms. The van der Waals surface area contributed by atoms with Crippen LogP contribution in [0, 0.1) is 5.82 Å². The average molecular weight is 477 g/mol. The van der Waals surface area contributed by atoms with Gasteiger partial charge in [0.15, 0.2) is 11.6 Å². The van der Waals surface area contributed by atoms with Gasteiger partial charge >= 0.3 is 5.97 Å². The van der Waals surface area contributed by atoms with Gasteiger partial charge in [-0.25, -0.2) is 13.6 Å². The molecule has 0 bridgehead atoms. The molecule has 0 amide bonds. The smallest absolute Gasteiger partial charge is 0.362 e. The van der Waals surface area contributed by atoms with Crippen molar-refractivity contribution in [3.8, 4) is 5.75 Å². The number of ether oxygens (including phenoxy) is 1. The normalized spacial score (nSPS) is 16.3. The summed E-state index contributed by atoms with van der Waals surface area (Å²) >= 11 is 0. The van der Waals surface area contributed by atoms with E-state index in [1.807, 2.05) is 18.7 Å². The third-order valence-electron chi connectivity index (χ3n) is 6.40. The topological polar surface area (TPSA) is 98.8 Å². The molecule has 3 N–H and O–H groups in total. The minimum Gasteiger partial charge on any atom is -0.492 e. The number of fused-ring (bicyclic) bond motifs is 1. The summed E-state index contributed by atoms with van der Waals surface area (Å²) in [5.74, 6) is 3.43. The summed E-state index contributed by atoms with van der Waals surface area (Å²) in [7, 11) is 1.42. The van der Waals surface area contributed by atoms with E-state index in [9.17, 15) is 14.0 Å². The molecule has 184 valence electrons. The maximum atomic E-state index is 15.5. The fraction of sp³-hybridized carbons (Fsp3) is 0.500. The molecular weight excluding hydrogens is 446 g/mol. The molecule has 1 saturated heterocycles. The molecule has 0 unspecified atom stereocenters. The summed E-state index contributed by atoms with van der Waals surface area (Å²) in [6, 6.07) is 1.37. The Labute approximate surface area is 196 Å². The first-order valence-electron chi connectivity index (χ1n) is 11.5. The molecule has 1 aliphatic carbocycles. The number of hydrogen-bond donors (Lipinski definition) is 2. The molecule has 4 rings (SSSR count). The Kier molecular flexibility index (Phi) is 6.90. The van der Waals surface area contributed by atoms with E-state index in [0.717, 1.165) is 24.5 Å². The number of anilines is 1. The van der Waals surface area contributed by atoms with Crippen LogP contribution < -0.4 is 26.3 Å². The number of pyridine rings is 1. The van der Waals surface area contributed by atoms with Crippen molar-refractivity contribution in [3.05, 3.63) is 45.3 Å². The lowest BCUT2D eigenvalue weighted by atomic mass is 10.0.